The smallest absolute Gasteiger partial charge is 0.0640 e. The molecule has 0 atom stereocenters. The number of allylic oxidation sites excluding steroid dienone is 1. The van der Waals surface area contributed by atoms with Crippen LogP contribution in [-0.2, 0) is 6.42 Å². The summed E-state index contributed by atoms with van der Waals surface area (Å²) < 4.78 is 7.66. The lowest BCUT2D eigenvalue weighted by Gasteiger charge is -2.13. The molecule has 3 aromatic heterocycles. The van der Waals surface area contributed by atoms with Crippen molar-refractivity contribution in [3.05, 3.63) is 224 Å². The van der Waals surface area contributed by atoms with Crippen molar-refractivity contribution in [2.24, 2.45) is 0 Å². The van der Waals surface area contributed by atoms with Crippen molar-refractivity contribution in [3.8, 4) is 55.9 Å². The maximum atomic E-state index is 2.55. The summed E-state index contributed by atoms with van der Waals surface area (Å²) in [5.74, 6) is 0. The highest BCUT2D eigenvalue weighted by Crippen LogP contribution is 2.46. The molecule has 0 bridgehead atoms. The Morgan fingerprint density at radius 2 is 0.968 bits per heavy atom. The molecule has 0 amide bonds. The normalized spacial score (nSPS) is 12.6. The zero-order valence-corrected chi connectivity index (χ0v) is 35.3. The van der Waals surface area contributed by atoms with Gasteiger partial charge in [0, 0.05) is 48.6 Å². The molecule has 0 fully saturated rings. The van der Waals surface area contributed by atoms with Gasteiger partial charge in [0.1, 0.15) is 0 Å². The van der Waals surface area contributed by atoms with Crippen LogP contribution in [0.5, 0.6) is 0 Å². The van der Waals surface area contributed by atoms with Crippen molar-refractivity contribution in [3.63, 3.8) is 0 Å². The molecule has 9 aromatic carbocycles. The van der Waals surface area contributed by atoms with Gasteiger partial charge in [0.15, 0.2) is 0 Å². The van der Waals surface area contributed by atoms with Crippen molar-refractivity contribution in [2.75, 3.05) is 0 Å². The minimum absolute atomic E-state index is 1.03. The Morgan fingerprint density at radius 3 is 1.68 bits per heavy atom. The van der Waals surface area contributed by atoms with Crippen LogP contribution in [-0.4, -0.2) is 9.13 Å². The quantitative estimate of drug-likeness (QED) is 0.158. The molecule has 0 saturated heterocycles. The molecular weight excluding hydrogens is 781 g/mol. The molecule has 2 nitrogen and oxygen atoms in total. The van der Waals surface area contributed by atoms with E-state index < -0.39 is 0 Å². The average molecular weight is 821 g/mol. The number of hydrogen-bond donors (Lipinski definition) is 0. The van der Waals surface area contributed by atoms with Crippen LogP contribution in [0.2, 0.25) is 0 Å². The molecular formula is C60H40N2S. The summed E-state index contributed by atoms with van der Waals surface area (Å²) in [4.78, 5) is 0. The SMILES string of the molecule is C1=Cc2c(n(-c3ccccc3)c3c2ccc2c3c3ccccc3n2-c2cccc3c2sc2cc(-c4cccc(-c5cccc(-c6cccc(-c7ccccc7)c6)c5)c4)ccc23)CC1. The Kier molecular flexibility index (Phi) is 8.25. The molecule has 63 heavy (non-hydrogen) atoms. The molecule has 0 N–H and O–H groups in total. The Balaban J connectivity index is 0.926. The number of para-hydroxylation sites is 2. The maximum absolute atomic E-state index is 2.55. The third-order valence-electron chi connectivity index (χ3n) is 13.2. The summed E-state index contributed by atoms with van der Waals surface area (Å²) in [6.07, 6.45) is 6.77. The average Bonchev–Trinajstić information content (AvgIpc) is 4.02. The van der Waals surface area contributed by atoms with E-state index in [0.29, 0.717) is 0 Å². The van der Waals surface area contributed by atoms with Crippen molar-refractivity contribution in [1.82, 2.24) is 9.13 Å². The fourth-order valence-electron chi connectivity index (χ4n) is 10.3. The van der Waals surface area contributed by atoms with Crippen molar-refractivity contribution in [1.29, 1.82) is 0 Å². The van der Waals surface area contributed by atoms with Gasteiger partial charge in [-0.25, -0.2) is 0 Å². The highest BCUT2D eigenvalue weighted by atomic mass is 32.1. The molecule has 0 aliphatic heterocycles. The van der Waals surface area contributed by atoms with Gasteiger partial charge in [-0.1, -0.05) is 164 Å². The first-order chi connectivity index (χ1) is 31.2. The number of aromatic nitrogens is 2. The van der Waals surface area contributed by atoms with E-state index in [1.165, 1.54) is 120 Å². The van der Waals surface area contributed by atoms with Crippen molar-refractivity contribution >= 4 is 70.3 Å². The van der Waals surface area contributed by atoms with Crippen molar-refractivity contribution in [2.45, 2.75) is 12.8 Å². The Bertz CT molecular complexity index is 3790. The standard InChI is InChI=1S/C60H40N2S/c1-3-15-39(16-4-1)40-17-11-18-41(35-40)42-19-12-20-43(36-42)44-21-13-22-45(37-44)46-31-32-49-51-27-14-30-56(60(51)63-57(49)38-46)62-54-29-10-8-26-52(54)58-55(62)34-33-50-48-25-7-9-28-53(48)61(59(50)58)47-23-5-2-6-24-47/h1-8,10-27,29-38H,9,28H2. The Labute approximate surface area is 369 Å². The zero-order chi connectivity index (χ0) is 41.4. The first-order valence-electron chi connectivity index (χ1n) is 21.9. The van der Waals surface area contributed by atoms with E-state index in [2.05, 4.69) is 228 Å². The molecule has 1 aliphatic carbocycles. The van der Waals surface area contributed by atoms with E-state index in [-0.39, 0.29) is 0 Å². The topological polar surface area (TPSA) is 9.86 Å². The van der Waals surface area contributed by atoms with Gasteiger partial charge in [0.2, 0.25) is 0 Å². The second-order valence-electron chi connectivity index (χ2n) is 16.8. The zero-order valence-electron chi connectivity index (χ0n) is 34.5. The minimum Gasteiger partial charge on any atom is -0.312 e. The predicted octanol–water partition coefficient (Wildman–Crippen LogP) is 16.7. The molecule has 3 heterocycles. The third-order valence-corrected chi connectivity index (χ3v) is 14.4. The van der Waals surface area contributed by atoms with Crippen LogP contribution in [0.1, 0.15) is 17.7 Å². The van der Waals surface area contributed by atoms with E-state index in [1.807, 2.05) is 11.3 Å². The summed E-state index contributed by atoms with van der Waals surface area (Å²) in [5.41, 5.74) is 18.7. The summed E-state index contributed by atoms with van der Waals surface area (Å²) in [6, 6.07) is 76.0. The second-order valence-corrected chi connectivity index (χ2v) is 17.8. The lowest BCUT2D eigenvalue weighted by atomic mass is 9.94. The van der Waals surface area contributed by atoms with Gasteiger partial charge in [0.05, 0.1) is 26.9 Å². The fourth-order valence-corrected chi connectivity index (χ4v) is 11.5. The number of fused-ring (bicyclic) bond motifs is 10. The lowest BCUT2D eigenvalue weighted by molar-refractivity contribution is 0.890. The molecule has 1 aliphatic rings. The lowest BCUT2D eigenvalue weighted by Crippen LogP contribution is -2.02. The third kappa shape index (κ3) is 5.78. The van der Waals surface area contributed by atoms with Gasteiger partial charge in [-0.05, 0) is 112 Å². The molecule has 3 heteroatoms. The molecule has 13 rings (SSSR count). The molecule has 0 saturated carbocycles. The van der Waals surface area contributed by atoms with Gasteiger partial charge in [-0.15, -0.1) is 11.3 Å². The van der Waals surface area contributed by atoms with Crippen LogP contribution in [0, 0.1) is 0 Å². The van der Waals surface area contributed by atoms with E-state index >= 15 is 0 Å². The van der Waals surface area contributed by atoms with Gasteiger partial charge in [-0.3, -0.25) is 0 Å². The van der Waals surface area contributed by atoms with Crippen LogP contribution in [0.15, 0.2) is 212 Å². The summed E-state index contributed by atoms with van der Waals surface area (Å²) in [6.45, 7) is 0. The molecule has 12 aromatic rings. The van der Waals surface area contributed by atoms with Gasteiger partial charge < -0.3 is 9.13 Å². The summed E-state index contributed by atoms with van der Waals surface area (Å²) in [5, 5.41) is 6.49. The first kappa shape index (κ1) is 36.0. The van der Waals surface area contributed by atoms with Crippen LogP contribution in [0.3, 0.4) is 0 Å². The number of nitrogens with zero attached hydrogens (tertiary/aromatic N) is 2. The fraction of sp³-hybridized carbons (Fsp3) is 0.0333. The van der Waals surface area contributed by atoms with Crippen LogP contribution in [0.25, 0.3) is 115 Å². The summed E-state index contributed by atoms with van der Waals surface area (Å²) in [7, 11) is 0. The van der Waals surface area contributed by atoms with Crippen LogP contribution >= 0.6 is 11.3 Å². The van der Waals surface area contributed by atoms with Gasteiger partial charge >= 0.3 is 0 Å². The van der Waals surface area contributed by atoms with Crippen LogP contribution in [0.4, 0.5) is 0 Å². The first-order valence-corrected chi connectivity index (χ1v) is 22.7. The van der Waals surface area contributed by atoms with Crippen molar-refractivity contribution < 1.29 is 0 Å². The molecule has 296 valence electrons. The van der Waals surface area contributed by atoms with E-state index in [1.54, 1.807) is 0 Å². The minimum atomic E-state index is 1.03. The number of thiophene rings is 1. The molecule has 0 spiro atoms. The number of benzene rings is 9. The summed E-state index contributed by atoms with van der Waals surface area (Å²) >= 11 is 1.90. The van der Waals surface area contributed by atoms with E-state index in [0.717, 1.165) is 12.8 Å². The Hall–Kier alpha value is -7.72. The molecule has 0 unspecified atom stereocenters. The van der Waals surface area contributed by atoms with Crippen LogP contribution < -0.4 is 0 Å². The van der Waals surface area contributed by atoms with Gasteiger partial charge in [-0.2, -0.15) is 0 Å². The Morgan fingerprint density at radius 1 is 0.397 bits per heavy atom. The maximum Gasteiger partial charge on any atom is 0.0640 e. The number of rotatable bonds is 6. The molecule has 0 radical (unpaired) electrons. The highest BCUT2D eigenvalue weighted by Gasteiger charge is 2.25. The monoisotopic (exact) mass is 820 g/mol. The van der Waals surface area contributed by atoms with Gasteiger partial charge in [0.25, 0.3) is 0 Å². The highest BCUT2D eigenvalue weighted by molar-refractivity contribution is 7.26. The van der Waals surface area contributed by atoms with E-state index in [4.69, 9.17) is 0 Å². The second kappa shape index (κ2) is 14.4. The predicted molar refractivity (Wildman–Crippen MR) is 270 cm³/mol. The van der Waals surface area contributed by atoms with E-state index in [9.17, 15) is 0 Å². The number of hydrogen-bond acceptors (Lipinski definition) is 1. The largest absolute Gasteiger partial charge is 0.312 e.